The van der Waals surface area contributed by atoms with Crippen molar-refractivity contribution in [1.82, 2.24) is 0 Å². The number of anilines is 1. The topological polar surface area (TPSA) is 66.4 Å². The number of carboxylic acid groups (broad SMARTS) is 1. The smallest absolute Gasteiger partial charge is 0.339 e. The van der Waals surface area contributed by atoms with E-state index in [4.69, 9.17) is 0 Å². The van der Waals surface area contributed by atoms with Gasteiger partial charge >= 0.3 is 5.97 Å². The maximum atomic E-state index is 12.0. The third-order valence-electron chi connectivity index (χ3n) is 3.21. The summed E-state index contributed by atoms with van der Waals surface area (Å²) < 4.78 is 0. The number of hydrogen-bond donors (Lipinski definition) is 2. The highest BCUT2D eigenvalue weighted by Gasteiger charge is 2.23. The lowest BCUT2D eigenvalue weighted by Crippen LogP contribution is -2.15. The SMILES string of the molecule is Cc1sc(NC(=O)CC(C)C)c(C(=O)O)c1-c1ccccc1. The Labute approximate surface area is 133 Å². The molecule has 0 saturated carbocycles. The minimum Gasteiger partial charge on any atom is -0.478 e. The zero-order valence-electron chi connectivity index (χ0n) is 12.8. The molecule has 2 rings (SSSR count). The first-order valence-electron chi connectivity index (χ1n) is 7.12. The molecule has 0 bridgehead atoms. The summed E-state index contributed by atoms with van der Waals surface area (Å²) in [4.78, 5) is 24.5. The van der Waals surface area contributed by atoms with Crippen LogP contribution in [0.15, 0.2) is 30.3 Å². The number of aryl methyl sites for hydroxylation is 1. The fraction of sp³-hybridized carbons (Fsp3) is 0.294. The van der Waals surface area contributed by atoms with E-state index in [2.05, 4.69) is 5.32 Å². The van der Waals surface area contributed by atoms with Crippen LogP contribution in [0, 0.1) is 12.8 Å². The number of carbonyl (C=O) groups excluding carboxylic acids is 1. The molecule has 0 unspecified atom stereocenters. The van der Waals surface area contributed by atoms with Gasteiger partial charge < -0.3 is 10.4 Å². The van der Waals surface area contributed by atoms with Crippen LogP contribution in [-0.4, -0.2) is 17.0 Å². The second-order valence-electron chi connectivity index (χ2n) is 5.55. The van der Waals surface area contributed by atoms with Gasteiger partial charge in [0.25, 0.3) is 0 Å². The number of hydrogen-bond acceptors (Lipinski definition) is 3. The quantitative estimate of drug-likeness (QED) is 0.858. The van der Waals surface area contributed by atoms with Crippen molar-refractivity contribution in [2.24, 2.45) is 5.92 Å². The molecule has 2 N–H and O–H groups in total. The van der Waals surface area contributed by atoms with E-state index in [1.54, 1.807) is 0 Å². The van der Waals surface area contributed by atoms with Gasteiger partial charge in [0.1, 0.15) is 10.6 Å². The molecular formula is C17H19NO3S. The standard InChI is InChI=1S/C17H19NO3S/c1-10(2)9-13(19)18-16-15(17(20)21)14(11(3)22-16)12-7-5-4-6-8-12/h4-8,10H,9H2,1-3H3,(H,18,19)(H,20,21). The molecule has 0 saturated heterocycles. The molecule has 1 aromatic carbocycles. The molecule has 0 spiro atoms. The van der Waals surface area contributed by atoms with E-state index in [0.717, 1.165) is 10.4 Å². The van der Waals surface area contributed by atoms with E-state index in [0.29, 0.717) is 17.0 Å². The van der Waals surface area contributed by atoms with Crippen LogP contribution in [0.5, 0.6) is 0 Å². The van der Waals surface area contributed by atoms with Crippen LogP contribution in [0.3, 0.4) is 0 Å². The van der Waals surface area contributed by atoms with Crippen molar-refractivity contribution < 1.29 is 14.7 Å². The van der Waals surface area contributed by atoms with Gasteiger partial charge in [-0.25, -0.2) is 4.79 Å². The van der Waals surface area contributed by atoms with Crippen LogP contribution in [0.25, 0.3) is 11.1 Å². The van der Waals surface area contributed by atoms with Crippen LogP contribution in [-0.2, 0) is 4.79 Å². The highest BCUT2D eigenvalue weighted by atomic mass is 32.1. The number of rotatable bonds is 5. The van der Waals surface area contributed by atoms with E-state index in [1.807, 2.05) is 51.1 Å². The fourth-order valence-corrected chi connectivity index (χ4v) is 3.42. The molecule has 0 aliphatic rings. The number of carboxylic acids is 1. The molecule has 0 aliphatic carbocycles. The first kappa shape index (κ1) is 16.2. The Morgan fingerprint density at radius 3 is 2.41 bits per heavy atom. The molecular weight excluding hydrogens is 298 g/mol. The average molecular weight is 317 g/mol. The summed E-state index contributed by atoms with van der Waals surface area (Å²) in [7, 11) is 0. The summed E-state index contributed by atoms with van der Waals surface area (Å²) in [5, 5.41) is 12.7. The predicted octanol–water partition coefficient (Wildman–Crippen LogP) is 4.41. The van der Waals surface area contributed by atoms with Gasteiger partial charge in [-0.1, -0.05) is 44.2 Å². The number of carbonyl (C=O) groups is 2. The van der Waals surface area contributed by atoms with E-state index < -0.39 is 5.97 Å². The summed E-state index contributed by atoms with van der Waals surface area (Å²) in [6.45, 7) is 5.77. The summed E-state index contributed by atoms with van der Waals surface area (Å²) >= 11 is 1.31. The summed E-state index contributed by atoms with van der Waals surface area (Å²) in [5.41, 5.74) is 1.70. The molecule has 1 aromatic heterocycles. The zero-order chi connectivity index (χ0) is 16.3. The maximum Gasteiger partial charge on any atom is 0.339 e. The van der Waals surface area contributed by atoms with E-state index in [-0.39, 0.29) is 17.4 Å². The van der Waals surface area contributed by atoms with Gasteiger partial charge in [0.05, 0.1) is 0 Å². The van der Waals surface area contributed by atoms with Crippen LogP contribution in [0.2, 0.25) is 0 Å². The van der Waals surface area contributed by atoms with Gasteiger partial charge in [0.2, 0.25) is 5.91 Å². The second kappa shape index (κ2) is 6.75. The Balaban J connectivity index is 2.45. The molecule has 1 amide bonds. The number of benzene rings is 1. The average Bonchev–Trinajstić information content (AvgIpc) is 2.75. The molecule has 2 aromatic rings. The third kappa shape index (κ3) is 3.54. The van der Waals surface area contributed by atoms with Gasteiger partial charge in [-0.2, -0.15) is 0 Å². The van der Waals surface area contributed by atoms with Crippen LogP contribution < -0.4 is 5.32 Å². The van der Waals surface area contributed by atoms with E-state index >= 15 is 0 Å². The molecule has 5 heteroatoms. The largest absolute Gasteiger partial charge is 0.478 e. The molecule has 22 heavy (non-hydrogen) atoms. The number of thiophene rings is 1. The van der Waals surface area contributed by atoms with Crippen LogP contribution >= 0.6 is 11.3 Å². The third-order valence-corrected chi connectivity index (χ3v) is 4.23. The van der Waals surface area contributed by atoms with E-state index in [1.165, 1.54) is 11.3 Å². The van der Waals surface area contributed by atoms with Crippen molar-refractivity contribution in [2.75, 3.05) is 5.32 Å². The first-order valence-corrected chi connectivity index (χ1v) is 7.93. The summed E-state index contributed by atoms with van der Waals surface area (Å²) in [6, 6.07) is 9.38. The van der Waals surface area contributed by atoms with Gasteiger partial charge in [-0.15, -0.1) is 11.3 Å². The monoisotopic (exact) mass is 317 g/mol. The highest BCUT2D eigenvalue weighted by molar-refractivity contribution is 7.17. The molecule has 0 atom stereocenters. The normalized spacial score (nSPS) is 10.7. The van der Waals surface area contributed by atoms with Gasteiger partial charge in [0, 0.05) is 16.9 Å². The Morgan fingerprint density at radius 1 is 1.23 bits per heavy atom. The van der Waals surface area contributed by atoms with Crippen molar-refractivity contribution in [2.45, 2.75) is 27.2 Å². The Morgan fingerprint density at radius 2 is 1.86 bits per heavy atom. The fourth-order valence-electron chi connectivity index (χ4n) is 2.34. The summed E-state index contributed by atoms with van der Waals surface area (Å²) in [6.07, 6.45) is 0.372. The zero-order valence-corrected chi connectivity index (χ0v) is 13.7. The first-order chi connectivity index (χ1) is 10.4. The van der Waals surface area contributed by atoms with Crippen molar-refractivity contribution in [3.8, 4) is 11.1 Å². The van der Waals surface area contributed by atoms with Crippen LogP contribution in [0.1, 0.15) is 35.5 Å². The number of amides is 1. The molecule has 0 radical (unpaired) electrons. The van der Waals surface area contributed by atoms with Crippen LogP contribution in [0.4, 0.5) is 5.00 Å². The maximum absolute atomic E-state index is 12.0. The van der Waals surface area contributed by atoms with Crippen molar-refractivity contribution in [1.29, 1.82) is 0 Å². The summed E-state index contributed by atoms with van der Waals surface area (Å²) in [5.74, 6) is -0.954. The molecule has 4 nitrogen and oxygen atoms in total. The minimum atomic E-state index is -1.02. The predicted molar refractivity (Wildman–Crippen MR) is 89.5 cm³/mol. The minimum absolute atomic E-state index is 0.154. The Bertz CT molecular complexity index is 689. The van der Waals surface area contributed by atoms with E-state index in [9.17, 15) is 14.7 Å². The molecule has 0 aliphatic heterocycles. The lowest BCUT2D eigenvalue weighted by Gasteiger charge is -2.07. The Kier molecular flexibility index (Phi) is 4.98. The molecule has 116 valence electrons. The lowest BCUT2D eigenvalue weighted by molar-refractivity contribution is -0.116. The van der Waals surface area contributed by atoms with Crippen molar-refractivity contribution in [3.63, 3.8) is 0 Å². The molecule has 1 heterocycles. The highest BCUT2D eigenvalue weighted by Crippen LogP contribution is 2.39. The van der Waals surface area contributed by atoms with Crippen molar-refractivity contribution in [3.05, 3.63) is 40.8 Å². The van der Waals surface area contributed by atoms with Gasteiger partial charge in [0.15, 0.2) is 0 Å². The number of aromatic carboxylic acids is 1. The Hall–Kier alpha value is -2.14. The number of nitrogens with one attached hydrogen (secondary N) is 1. The van der Waals surface area contributed by atoms with Gasteiger partial charge in [-0.05, 0) is 18.4 Å². The lowest BCUT2D eigenvalue weighted by atomic mass is 10.0. The van der Waals surface area contributed by atoms with Crippen molar-refractivity contribution >= 4 is 28.2 Å². The molecule has 0 fully saturated rings. The van der Waals surface area contributed by atoms with Gasteiger partial charge in [-0.3, -0.25) is 4.79 Å². The second-order valence-corrected chi connectivity index (χ2v) is 6.78.